The van der Waals surface area contributed by atoms with Crippen LogP contribution in [-0.2, 0) is 10.1 Å². The fourth-order valence-corrected chi connectivity index (χ4v) is 2.32. The van der Waals surface area contributed by atoms with E-state index >= 15 is 0 Å². The van der Waals surface area contributed by atoms with Crippen molar-refractivity contribution in [1.29, 1.82) is 0 Å². The predicted octanol–water partition coefficient (Wildman–Crippen LogP) is 1.17. The molecule has 0 amide bonds. The lowest BCUT2D eigenvalue weighted by atomic mass is 10.1. The molecular formula is C10H8NO4S. The van der Waals surface area contributed by atoms with E-state index in [0.717, 1.165) is 0 Å². The number of nitrogen functional groups attached to an aromatic ring is 1. The summed E-state index contributed by atoms with van der Waals surface area (Å²) >= 11 is 0. The van der Waals surface area contributed by atoms with E-state index in [1.807, 2.05) is 0 Å². The predicted molar refractivity (Wildman–Crippen MR) is 58.7 cm³/mol. The number of benzene rings is 2. The fraction of sp³-hybridized carbons (Fsp3) is 0. The van der Waals surface area contributed by atoms with Crippen LogP contribution in [-0.4, -0.2) is 18.1 Å². The van der Waals surface area contributed by atoms with Gasteiger partial charge in [-0.25, -0.2) is 0 Å². The first kappa shape index (κ1) is 10.7. The van der Waals surface area contributed by atoms with Crippen molar-refractivity contribution >= 4 is 26.6 Å². The number of phenols is 1. The topological polar surface area (TPSA) is 101 Å². The van der Waals surface area contributed by atoms with Gasteiger partial charge in [0.15, 0.2) is 5.75 Å². The summed E-state index contributed by atoms with van der Waals surface area (Å²) in [7, 11) is -4.53. The molecule has 0 spiro atoms. The number of rotatable bonds is 1. The van der Waals surface area contributed by atoms with Crippen molar-refractivity contribution in [2.45, 2.75) is 4.90 Å². The molecule has 2 aromatic carbocycles. The lowest BCUT2D eigenvalue weighted by Gasteiger charge is -2.08. The van der Waals surface area contributed by atoms with Gasteiger partial charge >= 0.3 is 0 Å². The summed E-state index contributed by atoms with van der Waals surface area (Å²) in [4.78, 5) is -0.584. The van der Waals surface area contributed by atoms with Crippen LogP contribution in [0.15, 0.2) is 29.2 Å². The van der Waals surface area contributed by atoms with Gasteiger partial charge in [0.25, 0.3) is 10.1 Å². The molecule has 0 aromatic heterocycles. The summed E-state index contributed by atoms with van der Waals surface area (Å²) < 4.78 is 31.3. The van der Waals surface area contributed by atoms with Gasteiger partial charge in [0.05, 0.1) is 5.69 Å². The monoisotopic (exact) mass is 238 g/mol. The van der Waals surface area contributed by atoms with E-state index in [1.54, 1.807) is 18.2 Å². The minimum atomic E-state index is -4.53. The van der Waals surface area contributed by atoms with Gasteiger partial charge in [-0.1, -0.05) is 24.3 Å². The van der Waals surface area contributed by atoms with Crippen molar-refractivity contribution in [3.63, 3.8) is 0 Å². The summed E-state index contributed by atoms with van der Waals surface area (Å²) in [6, 6.07) is 8.91. The highest BCUT2D eigenvalue weighted by Gasteiger charge is 2.21. The highest BCUT2D eigenvalue weighted by Crippen LogP contribution is 2.35. The van der Waals surface area contributed by atoms with Crippen LogP contribution >= 0.6 is 0 Å². The second kappa shape index (κ2) is 3.36. The molecule has 0 heterocycles. The number of fused-ring (bicyclic) bond motifs is 1. The van der Waals surface area contributed by atoms with Crippen molar-refractivity contribution in [3.8, 4) is 5.75 Å². The van der Waals surface area contributed by atoms with Gasteiger partial charge in [-0.15, -0.1) is 0 Å². The van der Waals surface area contributed by atoms with Gasteiger partial charge in [0, 0.05) is 11.5 Å². The quantitative estimate of drug-likeness (QED) is 0.393. The summed E-state index contributed by atoms with van der Waals surface area (Å²) in [5.74, 6) is -0.679. The molecule has 2 aromatic rings. The van der Waals surface area contributed by atoms with Crippen LogP contribution in [0.25, 0.3) is 10.8 Å². The highest BCUT2D eigenvalue weighted by atomic mass is 32.2. The molecule has 5 nitrogen and oxygen atoms in total. The van der Waals surface area contributed by atoms with Gasteiger partial charge in [-0.2, -0.15) is 8.42 Å². The fourth-order valence-electron chi connectivity index (χ4n) is 1.51. The van der Waals surface area contributed by atoms with Gasteiger partial charge < -0.3 is 10.8 Å². The van der Waals surface area contributed by atoms with Crippen molar-refractivity contribution in [2.24, 2.45) is 0 Å². The Hall–Kier alpha value is -1.79. The molecule has 4 N–H and O–H groups in total. The van der Waals surface area contributed by atoms with Gasteiger partial charge in [-0.3, -0.25) is 4.55 Å². The molecule has 83 valence electrons. The van der Waals surface area contributed by atoms with Gasteiger partial charge in [-0.05, 0) is 5.39 Å². The molecule has 0 atom stereocenters. The standard InChI is InChI=1S/C10H8NO4S/c11-8-5-6-3-1-2-4-7(6)10(9(8)12)16(13,14)15/h1-4,12H,11H2,(H,13,14,15). The number of hydrogen-bond donors (Lipinski definition) is 3. The molecule has 0 aliphatic carbocycles. The maximum atomic E-state index is 11.1. The smallest absolute Gasteiger partial charge is 0.298 e. The Kier molecular flexibility index (Phi) is 2.25. The zero-order chi connectivity index (χ0) is 11.9. The first-order valence-corrected chi connectivity index (χ1v) is 5.75. The molecule has 1 radical (unpaired) electrons. The van der Waals surface area contributed by atoms with Crippen LogP contribution in [0.3, 0.4) is 0 Å². The Bertz CT molecular complexity index is 664. The molecule has 16 heavy (non-hydrogen) atoms. The van der Waals surface area contributed by atoms with Crippen LogP contribution in [0.5, 0.6) is 5.75 Å². The number of hydrogen-bond acceptors (Lipinski definition) is 4. The number of nitrogens with two attached hydrogens (primary N) is 1. The lowest BCUT2D eigenvalue weighted by Crippen LogP contribution is -2.02. The van der Waals surface area contributed by atoms with Crippen LogP contribution < -0.4 is 5.73 Å². The Balaban J connectivity index is 3.05. The Morgan fingerprint density at radius 3 is 2.50 bits per heavy atom. The lowest BCUT2D eigenvalue weighted by molar-refractivity contribution is 0.447. The van der Waals surface area contributed by atoms with E-state index in [0.29, 0.717) is 5.39 Å². The zero-order valence-corrected chi connectivity index (χ0v) is 8.82. The maximum absolute atomic E-state index is 11.1. The SMILES string of the molecule is Nc1[c]c2ccccc2c(S(=O)(=O)O)c1O. The third kappa shape index (κ3) is 1.58. The van der Waals surface area contributed by atoms with E-state index < -0.39 is 20.8 Å². The number of anilines is 1. The Morgan fingerprint density at radius 1 is 1.25 bits per heavy atom. The van der Waals surface area contributed by atoms with E-state index in [-0.39, 0.29) is 11.1 Å². The molecule has 0 aliphatic heterocycles. The molecule has 0 saturated carbocycles. The van der Waals surface area contributed by atoms with Crippen molar-refractivity contribution in [2.75, 3.05) is 5.73 Å². The third-order valence-corrected chi connectivity index (χ3v) is 3.10. The average Bonchev–Trinajstić information content (AvgIpc) is 2.17. The Labute approximate surface area is 91.9 Å². The van der Waals surface area contributed by atoms with Crippen LogP contribution in [0.4, 0.5) is 5.69 Å². The summed E-state index contributed by atoms with van der Waals surface area (Å²) in [5.41, 5.74) is 5.19. The minimum absolute atomic E-state index is 0.178. The third-order valence-electron chi connectivity index (χ3n) is 2.17. The van der Waals surface area contributed by atoms with Crippen LogP contribution in [0.1, 0.15) is 0 Å². The summed E-state index contributed by atoms with van der Waals surface area (Å²) in [6.45, 7) is 0. The average molecular weight is 238 g/mol. The Morgan fingerprint density at radius 2 is 1.88 bits per heavy atom. The minimum Gasteiger partial charge on any atom is -0.504 e. The van der Waals surface area contributed by atoms with E-state index in [2.05, 4.69) is 6.07 Å². The highest BCUT2D eigenvalue weighted by molar-refractivity contribution is 7.86. The first-order chi connectivity index (χ1) is 7.41. The second-order valence-electron chi connectivity index (χ2n) is 3.24. The second-order valence-corrected chi connectivity index (χ2v) is 4.60. The molecule has 2 rings (SSSR count). The van der Waals surface area contributed by atoms with E-state index in [1.165, 1.54) is 6.07 Å². The molecule has 0 aliphatic rings. The van der Waals surface area contributed by atoms with Crippen molar-refractivity contribution in [3.05, 3.63) is 30.3 Å². The van der Waals surface area contributed by atoms with Crippen LogP contribution in [0.2, 0.25) is 0 Å². The zero-order valence-electron chi connectivity index (χ0n) is 8.01. The van der Waals surface area contributed by atoms with E-state index in [9.17, 15) is 13.5 Å². The van der Waals surface area contributed by atoms with Crippen molar-refractivity contribution in [1.82, 2.24) is 0 Å². The first-order valence-electron chi connectivity index (χ1n) is 4.31. The molecule has 0 fully saturated rings. The molecule has 0 bridgehead atoms. The molecule has 0 unspecified atom stereocenters. The van der Waals surface area contributed by atoms with E-state index in [4.69, 9.17) is 10.3 Å². The van der Waals surface area contributed by atoms with Gasteiger partial charge in [0.1, 0.15) is 4.90 Å². The number of phenolic OH excluding ortho intramolecular Hbond substituents is 1. The summed E-state index contributed by atoms with van der Waals surface area (Å²) in [5, 5.41) is 10.1. The normalized spacial score (nSPS) is 11.8. The van der Waals surface area contributed by atoms with Crippen LogP contribution in [0, 0.1) is 6.07 Å². The maximum Gasteiger partial charge on any atom is 0.298 e. The molecule has 0 saturated heterocycles. The van der Waals surface area contributed by atoms with Gasteiger partial charge in [0.2, 0.25) is 0 Å². The molecular weight excluding hydrogens is 230 g/mol. The largest absolute Gasteiger partial charge is 0.504 e. The number of aromatic hydroxyl groups is 1. The summed E-state index contributed by atoms with van der Waals surface area (Å²) in [6.07, 6.45) is 0. The molecule has 6 heteroatoms. The van der Waals surface area contributed by atoms with Crippen molar-refractivity contribution < 1.29 is 18.1 Å².